The van der Waals surface area contributed by atoms with E-state index in [1.165, 1.54) is 0 Å². The molecule has 0 radical (unpaired) electrons. The Morgan fingerprint density at radius 2 is 1.72 bits per heavy atom. The maximum Gasteiger partial charge on any atom is 0.321 e. The van der Waals surface area contributed by atoms with Gasteiger partial charge >= 0.3 is 6.03 Å². The largest absolute Gasteiger partial charge is 0.353 e. The van der Waals surface area contributed by atoms with Gasteiger partial charge in [0.05, 0.1) is 5.56 Å². The van der Waals surface area contributed by atoms with Crippen molar-refractivity contribution in [3.05, 3.63) is 65.7 Å². The van der Waals surface area contributed by atoms with Crippen LogP contribution in [0.1, 0.15) is 36.0 Å². The van der Waals surface area contributed by atoms with Crippen LogP contribution in [0.15, 0.2) is 48.5 Å². The number of carbonyl (C=O) groups is 3. The molecule has 3 N–H and O–H groups in total. The summed E-state index contributed by atoms with van der Waals surface area (Å²) in [5, 5.41) is 8.33. The summed E-state index contributed by atoms with van der Waals surface area (Å²) in [6.45, 7) is 1.28. The fourth-order valence-corrected chi connectivity index (χ4v) is 3.47. The third-order valence-electron chi connectivity index (χ3n) is 5.21. The van der Waals surface area contributed by atoms with Crippen molar-refractivity contribution in [1.82, 2.24) is 15.5 Å². The molecular formula is C23H26F2N4O3. The Labute approximate surface area is 185 Å². The van der Waals surface area contributed by atoms with Gasteiger partial charge in [0.2, 0.25) is 5.91 Å². The number of likely N-dealkylation sites (tertiary alicyclic amines) is 1. The van der Waals surface area contributed by atoms with Crippen LogP contribution in [0.2, 0.25) is 0 Å². The monoisotopic (exact) mass is 444 g/mol. The molecule has 1 fully saturated rings. The predicted molar refractivity (Wildman–Crippen MR) is 116 cm³/mol. The minimum atomic E-state index is -0.927. The highest BCUT2D eigenvalue weighted by atomic mass is 19.1. The number of halogens is 2. The van der Waals surface area contributed by atoms with Crippen molar-refractivity contribution >= 4 is 23.5 Å². The Morgan fingerprint density at radius 3 is 2.41 bits per heavy atom. The van der Waals surface area contributed by atoms with Gasteiger partial charge in [0.25, 0.3) is 5.91 Å². The highest BCUT2D eigenvalue weighted by Crippen LogP contribution is 2.14. The van der Waals surface area contributed by atoms with Crippen molar-refractivity contribution in [3.8, 4) is 0 Å². The molecule has 4 amide bonds. The van der Waals surface area contributed by atoms with E-state index in [9.17, 15) is 23.2 Å². The summed E-state index contributed by atoms with van der Waals surface area (Å²) >= 11 is 0. The fraction of sp³-hybridized carbons (Fsp3) is 0.348. The zero-order valence-corrected chi connectivity index (χ0v) is 17.6. The van der Waals surface area contributed by atoms with E-state index in [0.717, 1.165) is 17.8 Å². The van der Waals surface area contributed by atoms with Gasteiger partial charge in [0.1, 0.15) is 11.6 Å². The first-order valence-electron chi connectivity index (χ1n) is 10.6. The van der Waals surface area contributed by atoms with Crippen molar-refractivity contribution in [3.63, 3.8) is 0 Å². The second-order valence-corrected chi connectivity index (χ2v) is 7.61. The molecule has 0 aromatic heterocycles. The van der Waals surface area contributed by atoms with E-state index in [0.29, 0.717) is 38.4 Å². The molecule has 9 heteroatoms. The number of piperidine rings is 1. The molecule has 1 saturated heterocycles. The van der Waals surface area contributed by atoms with Gasteiger partial charge in [-0.3, -0.25) is 9.59 Å². The van der Waals surface area contributed by atoms with Crippen LogP contribution in [0.3, 0.4) is 0 Å². The zero-order chi connectivity index (χ0) is 22.9. The number of hydrogen-bond acceptors (Lipinski definition) is 3. The number of rotatable bonds is 7. The number of nitrogens with zero attached hydrogens (tertiary/aromatic N) is 1. The van der Waals surface area contributed by atoms with E-state index < -0.39 is 17.5 Å². The number of para-hydroxylation sites is 1. The summed E-state index contributed by atoms with van der Waals surface area (Å²) in [6, 6.07) is 11.8. The first-order valence-corrected chi connectivity index (χ1v) is 10.6. The highest BCUT2D eigenvalue weighted by molar-refractivity contribution is 5.94. The summed E-state index contributed by atoms with van der Waals surface area (Å²) < 4.78 is 26.5. The van der Waals surface area contributed by atoms with Crippen molar-refractivity contribution < 1.29 is 23.2 Å². The molecule has 1 aliphatic heterocycles. The fourth-order valence-electron chi connectivity index (χ4n) is 3.47. The van der Waals surface area contributed by atoms with Crippen molar-refractivity contribution in [2.45, 2.75) is 31.7 Å². The molecule has 0 saturated carbocycles. The number of urea groups is 1. The molecule has 170 valence electrons. The van der Waals surface area contributed by atoms with Crippen LogP contribution in [0.4, 0.5) is 19.3 Å². The summed E-state index contributed by atoms with van der Waals surface area (Å²) in [4.78, 5) is 38.1. The minimum Gasteiger partial charge on any atom is -0.353 e. The first-order chi connectivity index (χ1) is 15.4. The van der Waals surface area contributed by atoms with Gasteiger partial charge in [-0.2, -0.15) is 0 Å². The van der Waals surface area contributed by atoms with Gasteiger partial charge in [-0.15, -0.1) is 0 Å². The third-order valence-corrected chi connectivity index (χ3v) is 5.21. The maximum absolute atomic E-state index is 13.6. The van der Waals surface area contributed by atoms with Gasteiger partial charge in [0.15, 0.2) is 0 Å². The Balaban J connectivity index is 1.31. The van der Waals surface area contributed by atoms with Crippen molar-refractivity contribution in [2.24, 2.45) is 0 Å². The lowest BCUT2D eigenvalue weighted by molar-refractivity contribution is -0.122. The molecule has 2 aromatic rings. The van der Waals surface area contributed by atoms with E-state index in [1.807, 2.05) is 30.3 Å². The van der Waals surface area contributed by atoms with Gasteiger partial charge in [-0.1, -0.05) is 18.2 Å². The smallest absolute Gasteiger partial charge is 0.321 e. The zero-order valence-electron chi connectivity index (χ0n) is 17.6. The van der Waals surface area contributed by atoms with E-state index in [1.54, 1.807) is 4.90 Å². The number of benzene rings is 2. The lowest BCUT2D eigenvalue weighted by Crippen LogP contribution is -2.47. The van der Waals surface area contributed by atoms with Crippen LogP contribution in [0, 0.1) is 11.6 Å². The van der Waals surface area contributed by atoms with Crippen LogP contribution >= 0.6 is 0 Å². The lowest BCUT2D eigenvalue weighted by Gasteiger charge is -2.32. The van der Waals surface area contributed by atoms with Crippen molar-refractivity contribution in [1.29, 1.82) is 0 Å². The quantitative estimate of drug-likeness (QED) is 0.573. The molecule has 2 aromatic carbocycles. The number of carbonyl (C=O) groups excluding carboxylic acids is 3. The minimum absolute atomic E-state index is 0.00817. The van der Waals surface area contributed by atoms with Crippen LogP contribution in [-0.2, 0) is 4.79 Å². The normalized spacial score (nSPS) is 14.0. The van der Waals surface area contributed by atoms with Gasteiger partial charge < -0.3 is 20.9 Å². The molecule has 0 bridgehead atoms. The Morgan fingerprint density at radius 1 is 1.00 bits per heavy atom. The van der Waals surface area contributed by atoms with Crippen LogP contribution in [0.5, 0.6) is 0 Å². The average Bonchev–Trinajstić information content (AvgIpc) is 2.77. The number of nitrogens with one attached hydrogen (secondary N) is 3. The van der Waals surface area contributed by atoms with Crippen molar-refractivity contribution in [2.75, 3.05) is 25.0 Å². The number of anilines is 1. The lowest BCUT2D eigenvalue weighted by atomic mass is 10.0. The topological polar surface area (TPSA) is 90.5 Å². The molecule has 0 atom stereocenters. The third kappa shape index (κ3) is 6.76. The van der Waals surface area contributed by atoms with E-state index in [2.05, 4.69) is 16.0 Å². The Kier molecular flexibility index (Phi) is 8.13. The Bertz CT molecular complexity index is 948. The molecular weight excluding hydrogens is 418 g/mol. The second kappa shape index (κ2) is 11.2. The average molecular weight is 444 g/mol. The summed E-state index contributed by atoms with van der Waals surface area (Å²) in [6.07, 6.45) is 1.92. The molecule has 32 heavy (non-hydrogen) atoms. The maximum atomic E-state index is 13.6. The van der Waals surface area contributed by atoms with Crippen LogP contribution < -0.4 is 16.0 Å². The molecule has 0 spiro atoms. The summed E-state index contributed by atoms with van der Waals surface area (Å²) in [5.74, 6) is -2.47. The molecule has 3 rings (SSSR count). The van der Waals surface area contributed by atoms with Crippen LogP contribution in [-0.4, -0.2) is 48.4 Å². The van der Waals surface area contributed by atoms with Gasteiger partial charge in [0, 0.05) is 43.9 Å². The highest BCUT2D eigenvalue weighted by Gasteiger charge is 2.23. The summed E-state index contributed by atoms with van der Waals surface area (Å²) in [7, 11) is 0. The first kappa shape index (κ1) is 23.2. The molecule has 1 heterocycles. The number of hydrogen-bond donors (Lipinski definition) is 3. The SMILES string of the molecule is O=C(CCCNC(=O)c1ccc(F)cc1F)NC1CCN(C(=O)Nc2ccccc2)CC1. The Hall–Kier alpha value is -3.49. The molecule has 0 aliphatic carbocycles. The van der Waals surface area contributed by atoms with Gasteiger partial charge in [-0.25, -0.2) is 13.6 Å². The van der Waals surface area contributed by atoms with Gasteiger partial charge in [-0.05, 0) is 43.5 Å². The predicted octanol–water partition coefficient (Wildman–Crippen LogP) is 3.29. The number of amides is 4. The second-order valence-electron chi connectivity index (χ2n) is 7.61. The van der Waals surface area contributed by atoms with E-state index in [4.69, 9.17) is 0 Å². The van der Waals surface area contributed by atoms with Crippen LogP contribution in [0.25, 0.3) is 0 Å². The standard InChI is InChI=1S/C23H26F2N4O3/c24-16-8-9-19(20(25)15-16)22(31)26-12-4-7-21(30)27-18-10-13-29(14-11-18)23(32)28-17-5-2-1-3-6-17/h1-3,5-6,8-9,15,18H,4,7,10-14H2,(H,26,31)(H,27,30)(H,28,32). The van der Waals surface area contributed by atoms with E-state index in [-0.39, 0.29) is 36.5 Å². The van der Waals surface area contributed by atoms with E-state index >= 15 is 0 Å². The summed E-state index contributed by atoms with van der Waals surface area (Å²) in [5.41, 5.74) is 0.501. The molecule has 7 nitrogen and oxygen atoms in total. The molecule has 1 aliphatic rings. The molecule has 0 unspecified atom stereocenters.